The highest BCUT2D eigenvalue weighted by molar-refractivity contribution is 5.80. The van der Waals surface area contributed by atoms with Crippen molar-refractivity contribution in [3.05, 3.63) is 29.8 Å². The van der Waals surface area contributed by atoms with Crippen molar-refractivity contribution in [2.45, 2.75) is 13.0 Å². The summed E-state index contributed by atoms with van der Waals surface area (Å²) in [5.74, 6) is 0.0476. The van der Waals surface area contributed by atoms with E-state index in [9.17, 15) is 9.59 Å². The van der Waals surface area contributed by atoms with Gasteiger partial charge in [0.25, 0.3) is 5.91 Å². The lowest BCUT2D eigenvalue weighted by Crippen LogP contribution is -2.50. The number of esters is 1. The van der Waals surface area contributed by atoms with Crippen molar-refractivity contribution in [1.82, 2.24) is 4.90 Å². The van der Waals surface area contributed by atoms with E-state index in [1.807, 2.05) is 31.2 Å². The Bertz CT molecular complexity index is 517. The molecule has 0 N–H and O–H groups in total. The quantitative estimate of drug-likeness (QED) is 0.767. The summed E-state index contributed by atoms with van der Waals surface area (Å²) in [5, 5.41) is 0. The molecule has 1 aromatic rings. The number of para-hydroxylation sites is 1. The van der Waals surface area contributed by atoms with E-state index < -0.39 is 12.1 Å². The monoisotopic (exact) mass is 293 g/mol. The zero-order chi connectivity index (χ0) is 15.2. The number of aryl methyl sites for hydroxylation is 1. The van der Waals surface area contributed by atoms with Gasteiger partial charge in [0.15, 0.2) is 12.7 Å². The Labute approximate surface area is 123 Å². The maximum atomic E-state index is 12.1. The first-order valence-corrected chi connectivity index (χ1v) is 6.77. The number of hydrogen-bond acceptors (Lipinski definition) is 5. The predicted molar refractivity (Wildman–Crippen MR) is 75.0 cm³/mol. The fourth-order valence-electron chi connectivity index (χ4n) is 2.10. The van der Waals surface area contributed by atoms with Gasteiger partial charge in [0, 0.05) is 6.54 Å². The van der Waals surface area contributed by atoms with Gasteiger partial charge in [0.05, 0.1) is 20.3 Å². The van der Waals surface area contributed by atoms with Gasteiger partial charge in [0.2, 0.25) is 0 Å². The van der Waals surface area contributed by atoms with Crippen molar-refractivity contribution in [2.75, 3.05) is 33.4 Å². The Morgan fingerprint density at radius 3 is 2.86 bits per heavy atom. The van der Waals surface area contributed by atoms with Crippen LogP contribution in [0.25, 0.3) is 0 Å². The molecule has 6 nitrogen and oxygen atoms in total. The van der Waals surface area contributed by atoms with Crippen molar-refractivity contribution >= 4 is 11.9 Å². The van der Waals surface area contributed by atoms with E-state index in [4.69, 9.17) is 9.47 Å². The maximum absolute atomic E-state index is 12.1. The largest absolute Gasteiger partial charge is 0.484 e. The standard InChI is InChI=1S/C15H19NO5/c1-11-5-3-4-6-12(11)21-10-14(17)16-7-8-20-13(9-16)15(18)19-2/h3-6,13H,7-10H2,1-2H3. The van der Waals surface area contributed by atoms with E-state index in [0.29, 0.717) is 18.9 Å². The first-order valence-electron chi connectivity index (χ1n) is 6.77. The van der Waals surface area contributed by atoms with Crippen LogP contribution in [0.5, 0.6) is 5.75 Å². The third-order valence-electron chi connectivity index (χ3n) is 3.33. The van der Waals surface area contributed by atoms with Gasteiger partial charge >= 0.3 is 5.97 Å². The van der Waals surface area contributed by atoms with Crippen LogP contribution in [-0.4, -0.2) is 56.3 Å². The number of amides is 1. The van der Waals surface area contributed by atoms with E-state index in [0.717, 1.165) is 5.56 Å². The number of methoxy groups -OCH3 is 1. The Kier molecular flexibility index (Phi) is 5.16. The fraction of sp³-hybridized carbons (Fsp3) is 0.467. The lowest BCUT2D eigenvalue weighted by molar-refractivity contribution is -0.163. The van der Waals surface area contributed by atoms with Crippen LogP contribution in [-0.2, 0) is 19.1 Å². The van der Waals surface area contributed by atoms with Crippen LogP contribution in [0.3, 0.4) is 0 Å². The molecule has 1 fully saturated rings. The summed E-state index contributed by atoms with van der Waals surface area (Å²) in [7, 11) is 1.30. The molecule has 1 aliphatic heterocycles. The Morgan fingerprint density at radius 1 is 1.38 bits per heavy atom. The zero-order valence-corrected chi connectivity index (χ0v) is 12.2. The van der Waals surface area contributed by atoms with Crippen molar-refractivity contribution in [3.8, 4) is 5.75 Å². The molecule has 1 saturated heterocycles. The number of carbonyl (C=O) groups is 2. The van der Waals surface area contributed by atoms with Gasteiger partial charge in [-0.1, -0.05) is 18.2 Å². The molecule has 1 aliphatic rings. The molecule has 1 heterocycles. The smallest absolute Gasteiger partial charge is 0.336 e. The van der Waals surface area contributed by atoms with Crippen molar-refractivity contribution in [3.63, 3.8) is 0 Å². The zero-order valence-electron chi connectivity index (χ0n) is 12.2. The summed E-state index contributed by atoms with van der Waals surface area (Å²) in [6.07, 6.45) is -0.717. The topological polar surface area (TPSA) is 65.1 Å². The van der Waals surface area contributed by atoms with Gasteiger partial charge in [-0.25, -0.2) is 4.79 Å². The molecule has 114 valence electrons. The Morgan fingerprint density at radius 2 is 2.14 bits per heavy atom. The minimum Gasteiger partial charge on any atom is -0.484 e. The summed E-state index contributed by atoms with van der Waals surface area (Å²) in [5.41, 5.74) is 0.972. The first-order chi connectivity index (χ1) is 10.1. The van der Waals surface area contributed by atoms with Crippen molar-refractivity contribution < 1.29 is 23.8 Å². The van der Waals surface area contributed by atoms with Crippen molar-refractivity contribution in [1.29, 1.82) is 0 Å². The van der Waals surface area contributed by atoms with Gasteiger partial charge < -0.3 is 19.1 Å². The molecular formula is C15H19NO5. The summed E-state index contributed by atoms with van der Waals surface area (Å²) in [6, 6.07) is 7.50. The van der Waals surface area contributed by atoms with E-state index in [-0.39, 0.29) is 19.1 Å². The summed E-state index contributed by atoms with van der Waals surface area (Å²) in [4.78, 5) is 25.1. The number of benzene rings is 1. The van der Waals surface area contributed by atoms with E-state index in [2.05, 4.69) is 4.74 Å². The second-order valence-electron chi connectivity index (χ2n) is 4.78. The van der Waals surface area contributed by atoms with Crippen LogP contribution in [0.1, 0.15) is 5.56 Å². The number of rotatable bonds is 4. The molecule has 0 spiro atoms. The maximum Gasteiger partial charge on any atom is 0.336 e. The highest BCUT2D eigenvalue weighted by atomic mass is 16.6. The fourth-order valence-corrected chi connectivity index (χ4v) is 2.10. The Balaban J connectivity index is 1.88. The van der Waals surface area contributed by atoms with Gasteiger partial charge in [-0.3, -0.25) is 4.79 Å². The number of morpholine rings is 1. The molecule has 6 heteroatoms. The van der Waals surface area contributed by atoms with Gasteiger partial charge in [-0.2, -0.15) is 0 Å². The van der Waals surface area contributed by atoms with E-state index in [1.54, 1.807) is 4.90 Å². The molecule has 2 rings (SSSR count). The SMILES string of the molecule is COC(=O)C1CN(C(=O)COc2ccccc2C)CCO1. The lowest BCUT2D eigenvalue weighted by Gasteiger charge is -2.31. The normalized spacial score (nSPS) is 18.2. The van der Waals surface area contributed by atoms with Gasteiger partial charge in [0.1, 0.15) is 5.75 Å². The molecule has 0 bridgehead atoms. The second-order valence-corrected chi connectivity index (χ2v) is 4.78. The van der Waals surface area contributed by atoms with Crippen LogP contribution in [0.4, 0.5) is 0 Å². The third-order valence-corrected chi connectivity index (χ3v) is 3.33. The average Bonchev–Trinajstić information content (AvgIpc) is 2.53. The van der Waals surface area contributed by atoms with Gasteiger partial charge in [-0.15, -0.1) is 0 Å². The number of carbonyl (C=O) groups excluding carboxylic acids is 2. The third kappa shape index (κ3) is 3.95. The molecule has 0 aliphatic carbocycles. The number of nitrogens with zero attached hydrogens (tertiary/aromatic N) is 1. The molecule has 0 saturated carbocycles. The summed E-state index contributed by atoms with van der Waals surface area (Å²) < 4.78 is 15.4. The molecule has 0 radical (unpaired) electrons. The van der Waals surface area contributed by atoms with Crippen LogP contribution in [0.2, 0.25) is 0 Å². The molecular weight excluding hydrogens is 274 g/mol. The van der Waals surface area contributed by atoms with E-state index in [1.165, 1.54) is 7.11 Å². The van der Waals surface area contributed by atoms with E-state index >= 15 is 0 Å². The number of ether oxygens (including phenoxy) is 3. The molecule has 21 heavy (non-hydrogen) atoms. The second kappa shape index (κ2) is 7.08. The Hall–Kier alpha value is -2.08. The highest BCUT2D eigenvalue weighted by Crippen LogP contribution is 2.16. The highest BCUT2D eigenvalue weighted by Gasteiger charge is 2.29. The first kappa shape index (κ1) is 15.3. The van der Waals surface area contributed by atoms with Crippen LogP contribution < -0.4 is 4.74 Å². The minimum absolute atomic E-state index is 0.0568. The van der Waals surface area contributed by atoms with Crippen molar-refractivity contribution in [2.24, 2.45) is 0 Å². The van der Waals surface area contributed by atoms with Gasteiger partial charge in [-0.05, 0) is 18.6 Å². The van der Waals surface area contributed by atoms with Crippen LogP contribution in [0.15, 0.2) is 24.3 Å². The number of hydrogen-bond donors (Lipinski definition) is 0. The van der Waals surface area contributed by atoms with Crippen LogP contribution >= 0.6 is 0 Å². The molecule has 1 unspecified atom stereocenters. The van der Waals surface area contributed by atoms with Crippen LogP contribution in [0, 0.1) is 6.92 Å². The summed E-state index contributed by atoms with van der Waals surface area (Å²) in [6.45, 7) is 2.82. The molecule has 0 aromatic heterocycles. The predicted octanol–water partition coefficient (Wildman–Crippen LogP) is 0.774. The summed E-state index contributed by atoms with van der Waals surface area (Å²) >= 11 is 0. The lowest BCUT2D eigenvalue weighted by atomic mass is 10.2. The molecule has 1 aromatic carbocycles. The minimum atomic E-state index is -0.717. The molecule has 1 atom stereocenters. The molecule has 1 amide bonds. The average molecular weight is 293 g/mol.